The number of para-hydroxylation sites is 2. The van der Waals surface area contributed by atoms with Crippen LogP contribution in [0.2, 0.25) is 5.02 Å². The van der Waals surface area contributed by atoms with Crippen molar-refractivity contribution >= 4 is 46.0 Å². The second-order valence-electron chi connectivity index (χ2n) is 7.26. The van der Waals surface area contributed by atoms with Crippen LogP contribution in [0.4, 0.5) is 5.69 Å². The van der Waals surface area contributed by atoms with Crippen LogP contribution in [0.5, 0.6) is 0 Å². The van der Waals surface area contributed by atoms with Crippen molar-refractivity contribution in [1.29, 1.82) is 0 Å². The molecule has 33 heavy (non-hydrogen) atoms. The first-order valence-corrected chi connectivity index (χ1v) is 11.4. The van der Waals surface area contributed by atoms with E-state index in [1.165, 1.54) is 11.8 Å². The summed E-state index contributed by atoms with van der Waals surface area (Å²) in [4.78, 5) is 21.3. The van der Waals surface area contributed by atoms with Gasteiger partial charge in [0.15, 0.2) is 5.16 Å². The molecule has 3 aromatic heterocycles. The van der Waals surface area contributed by atoms with E-state index in [1.807, 2.05) is 66.1 Å². The Morgan fingerprint density at radius 2 is 1.94 bits per heavy atom. The second kappa shape index (κ2) is 9.05. The van der Waals surface area contributed by atoms with Crippen molar-refractivity contribution in [3.63, 3.8) is 0 Å². The first-order valence-electron chi connectivity index (χ1n) is 10.1. The van der Waals surface area contributed by atoms with Crippen molar-refractivity contribution in [2.24, 2.45) is 0 Å². The molecule has 0 aliphatic carbocycles. The number of hydrogen-bond donors (Lipinski definition) is 1. The Bertz CT molecular complexity index is 1450. The average molecular weight is 476 g/mol. The SMILES string of the molecule is Cc1ccc(-n2cnnc2SCC(=O)Nc2ccc(-n3cnc4ccccc43)nc2)cc1Cl. The fourth-order valence-electron chi connectivity index (χ4n) is 3.30. The van der Waals surface area contributed by atoms with Crippen LogP contribution in [0.15, 0.2) is 78.6 Å². The number of carbonyl (C=O) groups excluding carboxylic acids is 1. The Kier molecular flexibility index (Phi) is 5.80. The predicted molar refractivity (Wildman–Crippen MR) is 129 cm³/mol. The number of aromatic nitrogens is 6. The van der Waals surface area contributed by atoms with Gasteiger partial charge in [0, 0.05) is 5.02 Å². The van der Waals surface area contributed by atoms with Crippen molar-refractivity contribution in [3.8, 4) is 11.5 Å². The molecular weight excluding hydrogens is 458 g/mol. The zero-order valence-corrected chi connectivity index (χ0v) is 19.1. The Hall–Kier alpha value is -3.69. The number of nitrogens with zero attached hydrogens (tertiary/aromatic N) is 6. The van der Waals surface area contributed by atoms with E-state index in [2.05, 4.69) is 25.5 Å². The normalized spacial score (nSPS) is 11.1. The molecule has 0 spiro atoms. The highest BCUT2D eigenvalue weighted by Crippen LogP contribution is 2.24. The minimum Gasteiger partial charge on any atom is -0.324 e. The van der Waals surface area contributed by atoms with E-state index in [9.17, 15) is 4.79 Å². The van der Waals surface area contributed by atoms with Crippen LogP contribution in [0.3, 0.4) is 0 Å². The molecule has 0 atom stereocenters. The number of thioether (sulfide) groups is 1. The van der Waals surface area contributed by atoms with E-state index in [-0.39, 0.29) is 11.7 Å². The number of hydrogen-bond acceptors (Lipinski definition) is 6. The van der Waals surface area contributed by atoms with Gasteiger partial charge in [0.05, 0.1) is 34.4 Å². The quantitative estimate of drug-likeness (QED) is 0.358. The highest BCUT2D eigenvalue weighted by molar-refractivity contribution is 7.99. The van der Waals surface area contributed by atoms with Crippen molar-refractivity contribution in [2.45, 2.75) is 12.1 Å². The van der Waals surface area contributed by atoms with Gasteiger partial charge in [0.1, 0.15) is 18.5 Å². The van der Waals surface area contributed by atoms with Crippen molar-refractivity contribution < 1.29 is 4.79 Å². The van der Waals surface area contributed by atoms with E-state index in [0.717, 1.165) is 28.1 Å². The van der Waals surface area contributed by atoms with E-state index in [0.29, 0.717) is 15.9 Å². The maximum atomic E-state index is 12.5. The molecule has 164 valence electrons. The number of amides is 1. The summed E-state index contributed by atoms with van der Waals surface area (Å²) in [5.41, 5.74) is 4.31. The lowest BCUT2D eigenvalue weighted by atomic mass is 10.2. The first kappa shape index (κ1) is 21.2. The number of benzene rings is 2. The first-order chi connectivity index (χ1) is 16.1. The maximum absolute atomic E-state index is 12.5. The third-order valence-electron chi connectivity index (χ3n) is 5.01. The molecule has 0 aliphatic heterocycles. The number of nitrogens with one attached hydrogen (secondary N) is 1. The molecule has 0 fully saturated rings. The molecule has 0 saturated carbocycles. The van der Waals surface area contributed by atoms with E-state index in [1.54, 1.807) is 23.4 Å². The highest BCUT2D eigenvalue weighted by Gasteiger charge is 2.12. The zero-order chi connectivity index (χ0) is 22.8. The van der Waals surface area contributed by atoms with Gasteiger partial charge in [0.2, 0.25) is 5.91 Å². The predicted octanol–water partition coefficient (Wildman–Crippen LogP) is 4.69. The molecule has 0 saturated heterocycles. The zero-order valence-electron chi connectivity index (χ0n) is 17.5. The van der Waals surface area contributed by atoms with Gasteiger partial charge < -0.3 is 5.32 Å². The van der Waals surface area contributed by atoms with Crippen LogP contribution in [0, 0.1) is 6.92 Å². The number of rotatable bonds is 6. The molecule has 3 heterocycles. The number of anilines is 1. The summed E-state index contributed by atoms with van der Waals surface area (Å²) < 4.78 is 3.70. The number of fused-ring (bicyclic) bond motifs is 1. The van der Waals surface area contributed by atoms with Crippen molar-refractivity contribution in [1.82, 2.24) is 29.3 Å². The number of aryl methyl sites for hydroxylation is 1. The molecule has 0 radical (unpaired) electrons. The van der Waals surface area contributed by atoms with E-state index < -0.39 is 0 Å². The lowest BCUT2D eigenvalue weighted by Crippen LogP contribution is -2.14. The second-order valence-corrected chi connectivity index (χ2v) is 8.61. The number of pyridine rings is 1. The number of halogens is 1. The van der Waals surface area contributed by atoms with Crippen molar-refractivity contribution in [2.75, 3.05) is 11.1 Å². The number of imidazole rings is 1. The maximum Gasteiger partial charge on any atom is 0.234 e. The topological polar surface area (TPSA) is 90.5 Å². The third-order valence-corrected chi connectivity index (χ3v) is 6.36. The lowest BCUT2D eigenvalue weighted by molar-refractivity contribution is -0.113. The molecule has 0 bridgehead atoms. The molecule has 0 unspecified atom stereocenters. The lowest BCUT2D eigenvalue weighted by Gasteiger charge is -2.09. The third kappa shape index (κ3) is 4.46. The van der Waals surface area contributed by atoms with Gasteiger partial charge in [-0.2, -0.15) is 0 Å². The molecule has 0 aliphatic rings. The smallest absolute Gasteiger partial charge is 0.234 e. The summed E-state index contributed by atoms with van der Waals surface area (Å²) in [5.74, 6) is 0.728. The van der Waals surface area contributed by atoms with Gasteiger partial charge in [0.25, 0.3) is 0 Å². The summed E-state index contributed by atoms with van der Waals surface area (Å²) in [5, 5.41) is 12.2. The van der Waals surface area contributed by atoms with Gasteiger partial charge in [-0.25, -0.2) is 9.97 Å². The number of carbonyl (C=O) groups is 1. The van der Waals surface area contributed by atoms with Crippen LogP contribution < -0.4 is 5.32 Å². The van der Waals surface area contributed by atoms with Crippen LogP contribution in [0.25, 0.3) is 22.5 Å². The molecule has 5 aromatic rings. The van der Waals surface area contributed by atoms with Gasteiger partial charge in [-0.3, -0.25) is 13.9 Å². The molecular formula is C23H18ClN7OS. The van der Waals surface area contributed by atoms with Gasteiger partial charge in [-0.05, 0) is 48.9 Å². The Labute approximate surface area is 198 Å². The molecule has 8 nitrogen and oxygen atoms in total. The monoisotopic (exact) mass is 475 g/mol. The summed E-state index contributed by atoms with van der Waals surface area (Å²) in [7, 11) is 0. The van der Waals surface area contributed by atoms with E-state index >= 15 is 0 Å². The molecule has 1 N–H and O–H groups in total. The average Bonchev–Trinajstić information content (AvgIpc) is 3.47. The van der Waals surface area contributed by atoms with Crippen LogP contribution in [-0.2, 0) is 4.79 Å². The largest absolute Gasteiger partial charge is 0.324 e. The van der Waals surface area contributed by atoms with Crippen molar-refractivity contribution in [3.05, 3.63) is 84.0 Å². The molecule has 1 amide bonds. The molecule has 5 rings (SSSR count). The fraction of sp³-hybridized carbons (Fsp3) is 0.0870. The Balaban J connectivity index is 1.23. The van der Waals surface area contributed by atoms with E-state index in [4.69, 9.17) is 11.6 Å². The summed E-state index contributed by atoms with van der Waals surface area (Å²) in [6, 6.07) is 17.2. The standard InChI is InChI=1S/C23H18ClN7OS/c1-15-6-8-17(10-18(15)24)30-14-27-29-23(30)33-12-22(32)28-16-7-9-21(25-11-16)31-13-26-19-4-2-3-5-20(19)31/h2-11,13-14H,12H2,1H3,(H,28,32). The highest BCUT2D eigenvalue weighted by atomic mass is 35.5. The van der Waals surface area contributed by atoms with Gasteiger partial charge in [-0.1, -0.05) is 41.6 Å². The Morgan fingerprint density at radius 3 is 2.76 bits per heavy atom. The Morgan fingerprint density at radius 1 is 1.06 bits per heavy atom. The van der Waals surface area contributed by atoms with Gasteiger partial charge >= 0.3 is 0 Å². The summed E-state index contributed by atoms with van der Waals surface area (Å²) >= 11 is 7.53. The minimum absolute atomic E-state index is 0.167. The summed E-state index contributed by atoms with van der Waals surface area (Å²) in [6.45, 7) is 1.94. The fourth-order valence-corrected chi connectivity index (χ4v) is 4.21. The summed E-state index contributed by atoms with van der Waals surface area (Å²) in [6.07, 6.45) is 4.96. The minimum atomic E-state index is -0.167. The van der Waals surface area contributed by atoms with Crippen LogP contribution in [0.1, 0.15) is 5.56 Å². The van der Waals surface area contributed by atoms with Crippen LogP contribution >= 0.6 is 23.4 Å². The van der Waals surface area contributed by atoms with Gasteiger partial charge in [-0.15, -0.1) is 10.2 Å². The molecule has 2 aromatic carbocycles. The molecule has 10 heteroatoms. The van der Waals surface area contributed by atoms with Crippen LogP contribution in [-0.4, -0.2) is 41.0 Å².